The number of imidazole rings is 1. The van der Waals surface area contributed by atoms with Crippen LogP contribution in [0.3, 0.4) is 0 Å². The van der Waals surface area contributed by atoms with Crippen molar-refractivity contribution in [3.8, 4) is 11.3 Å². The fourth-order valence-electron chi connectivity index (χ4n) is 2.33. The van der Waals surface area contributed by atoms with Crippen molar-refractivity contribution >= 4 is 17.1 Å². The zero-order valence-electron chi connectivity index (χ0n) is 13.0. The van der Waals surface area contributed by atoms with Gasteiger partial charge in [0, 0.05) is 18.2 Å². The van der Waals surface area contributed by atoms with Crippen LogP contribution in [0.15, 0.2) is 36.9 Å². The molecule has 0 spiro atoms. The van der Waals surface area contributed by atoms with E-state index in [1.54, 1.807) is 17.9 Å². The number of halogens is 2. The lowest BCUT2D eigenvalue weighted by molar-refractivity contribution is -0.173. The fraction of sp³-hybridized carbons (Fsp3) is 0.250. The Balaban J connectivity index is 1.99. The summed E-state index contributed by atoms with van der Waals surface area (Å²) in [5, 5.41) is 0. The average Bonchev–Trinajstić information content (AvgIpc) is 2.97. The van der Waals surface area contributed by atoms with Gasteiger partial charge in [-0.05, 0) is 6.92 Å². The number of ether oxygens (including phenoxy) is 1. The van der Waals surface area contributed by atoms with Crippen LogP contribution in [0.5, 0.6) is 0 Å². The second kappa shape index (κ2) is 5.95. The largest absolute Gasteiger partial charge is 0.461 e. The second-order valence-corrected chi connectivity index (χ2v) is 5.12. The molecule has 24 heavy (non-hydrogen) atoms. The van der Waals surface area contributed by atoms with Crippen molar-refractivity contribution in [3.05, 3.63) is 42.5 Å². The molecule has 0 aliphatic carbocycles. The van der Waals surface area contributed by atoms with Crippen LogP contribution in [0.1, 0.15) is 12.5 Å². The molecule has 3 aromatic rings. The highest BCUT2D eigenvalue weighted by atomic mass is 19.3. The molecule has 6 nitrogen and oxygen atoms in total. The Morgan fingerprint density at radius 1 is 1.21 bits per heavy atom. The summed E-state index contributed by atoms with van der Waals surface area (Å²) in [6.07, 6.45) is 2.99. The topological polar surface area (TPSA) is 69.9 Å². The van der Waals surface area contributed by atoms with Crippen LogP contribution in [0.25, 0.3) is 22.4 Å². The normalized spacial score (nSPS) is 11.7. The van der Waals surface area contributed by atoms with Gasteiger partial charge in [0.25, 0.3) is 0 Å². The van der Waals surface area contributed by atoms with Crippen LogP contribution in [-0.4, -0.2) is 32.1 Å². The van der Waals surface area contributed by atoms with E-state index in [9.17, 15) is 13.6 Å². The number of nitrogens with zero attached hydrogens (tertiary/aromatic N) is 4. The second-order valence-electron chi connectivity index (χ2n) is 5.12. The molecular formula is C16H14F2N4O2. The van der Waals surface area contributed by atoms with Gasteiger partial charge in [-0.1, -0.05) is 24.3 Å². The number of aromatic nitrogens is 4. The lowest BCUT2D eigenvalue weighted by Gasteiger charge is -2.15. The predicted molar refractivity (Wildman–Crippen MR) is 82.3 cm³/mol. The minimum absolute atomic E-state index is 0.106. The number of hydrogen-bond donors (Lipinski definition) is 0. The molecule has 0 radical (unpaired) electrons. The summed E-state index contributed by atoms with van der Waals surface area (Å²) >= 11 is 0. The Hall–Kier alpha value is -2.90. The van der Waals surface area contributed by atoms with E-state index in [4.69, 9.17) is 0 Å². The van der Waals surface area contributed by atoms with Gasteiger partial charge < -0.3 is 9.30 Å². The van der Waals surface area contributed by atoms with E-state index in [2.05, 4.69) is 19.7 Å². The molecule has 0 saturated heterocycles. The predicted octanol–water partition coefficient (Wildman–Crippen LogP) is 2.69. The van der Waals surface area contributed by atoms with E-state index in [-0.39, 0.29) is 6.61 Å². The van der Waals surface area contributed by atoms with Crippen molar-refractivity contribution in [2.75, 3.05) is 6.61 Å². The van der Waals surface area contributed by atoms with E-state index >= 15 is 0 Å². The van der Waals surface area contributed by atoms with Crippen LogP contribution in [0, 0.1) is 0 Å². The lowest BCUT2D eigenvalue weighted by Crippen LogP contribution is -2.28. The highest BCUT2D eigenvalue weighted by molar-refractivity contribution is 5.87. The van der Waals surface area contributed by atoms with E-state index in [0.717, 1.165) is 0 Å². The van der Waals surface area contributed by atoms with Crippen LogP contribution >= 0.6 is 0 Å². The molecule has 2 heterocycles. The number of aryl methyl sites for hydroxylation is 1. The number of carbonyl (C=O) groups is 1. The molecule has 0 unspecified atom stereocenters. The Morgan fingerprint density at radius 2 is 1.92 bits per heavy atom. The molecule has 0 atom stereocenters. The number of hydrogen-bond acceptors (Lipinski definition) is 5. The number of rotatable bonds is 4. The molecule has 8 heteroatoms. The van der Waals surface area contributed by atoms with Gasteiger partial charge in [0.2, 0.25) is 0 Å². The van der Waals surface area contributed by atoms with Gasteiger partial charge in [0.05, 0.1) is 12.9 Å². The number of alkyl halides is 2. The summed E-state index contributed by atoms with van der Waals surface area (Å²) < 4.78 is 34.2. The van der Waals surface area contributed by atoms with E-state index in [0.29, 0.717) is 22.4 Å². The molecule has 124 valence electrons. The highest BCUT2D eigenvalue weighted by Crippen LogP contribution is 2.32. The first-order valence-corrected chi connectivity index (χ1v) is 7.23. The molecule has 2 aromatic heterocycles. The zero-order valence-corrected chi connectivity index (χ0v) is 13.0. The maximum atomic E-state index is 14.0. The number of carbonyl (C=O) groups excluding carboxylic acids is 1. The molecule has 3 rings (SSSR count). The average molecular weight is 332 g/mol. The third-order valence-corrected chi connectivity index (χ3v) is 3.55. The standard InChI is InChI=1S/C16H14F2N4O2/c1-3-24-15(23)16(17,18)11-6-4-10(5-7-11)12-13-14(20-8-19-12)22(2)9-21-13/h4-9H,3H2,1-2H3. The van der Waals surface area contributed by atoms with Crippen molar-refractivity contribution in [1.82, 2.24) is 19.5 Å². The maximum absolute atomic E-state index is 14.0. The van der Waals surface area contributed by atoms with Gasteiger partial charge in [0.1, 0.15) is 17.5 Å². The van der Waals surface area contributed by atoms with Crippen LogP contribution in [0.2, 0.25) is 0 Å². The molecule has 0 amide bonds. The van der Waals surface area contributed by atoms with E-state index in [1.807, 2.05) is 0 Å². The van der Waals surface area contributed by atoms with Crippen LogP contribution in [0.4, 0.5) is 8.78 Å². The third-order valence-electron chi connectivity index (χ3n) is 3.55. The molecule has 0 aliphatic rings. The summed E-state index contributed by atoms with van der Waals surface area (Å²) in [4.78, 5) is 23.9. The Bertz CT molecular complexity index is 891. The Morgan fingerprint density at radius 3 is 2.58 bits per heavy atom. The van der Waals surface area contributed by atoms with Crippen molar-refractivity contribution < 1.29 is 18.3 Å². The van der Waals surface area contributed by atoms with Gasteiger partial charge in [-0.25, -0.2) is 19.7 Å². The van der Waals surface area contributed by atoms with Gasteiger partial charge >= 0.3 is 11.9 Å². The molecule has 0 fully saturated rings. The number of benzene rings is 1. The zero-order chi connectivity index (χ0) is 17.3. The van der Waals surface area contributed by atoms with Gasteiger partial charge in [-0.3, -0.25) is 0 Å². The van der Waals surface area contributed by atoms with Gasteiger partial charge in [-0.2, -0.15) is 8.78 Å². The molecule has 0 saturated carbocycles. The third kappa shape index (κ3) is 2.60. The van der Waals surface area contributed by atoms with E-state index in [1.165, 1.54) is 37.5 Å². The first-order chi connectivity index (χ1) is 11.4. The minimum atomic E-state index is -3.69. The first-order valence-electron chi connectivity index (χ1n) is 7.23. The van der Waals surface area contributed by atoms with Gasteiger partial charge in [-0.15, -0.1) is 0 Å². The molecule has 0 aliphatic heterocycles. The quantitative estimate of drug-likeness (QED) is 0.687. The minimum Gasteiger partial charge on any atom is -0.461 e. The summed E-state index contributed by atoms with van der Waals surface area (Å²) in [7, 11) is 1.80. The van der Waals surface area contributed by atoms with Crippen molar-refractivity contribution in [1.29, 1.82) is 0 Å². The van der Waals surface area contributed by atoms with Gasteiger partial charge in [0.15, 0.2) is 5.65 Å². The van der Waals surface area contributed by atoms with Crippen molar-refractivity contribution in [2.45, 2.75) is 12.8 Å². The summed E-state index contributed by atoms with van der Waals surface area (Å²) in [6, 6.07) is 5.31. The summed E-state index contributed by atoms with van der Waals surface area (Å²) in [5.74, 6) is -5.26. The molecule has 0 N–H and O–H groups in total. The monoisotopic (exact) mass is 332 g/mol. The molecular weight excluding hydrogens is 318 g/mol. The Labute approximate surface area is 136 Å². The smallest absolute Gasteiger partial charge is 0.381 e. The number of esters is 1. The summed E-state index contributed by atoms with van der Waals surface area (Å²) in [6.45, 7) is 1.37. The van der Waals surface area contributed by atoms with Crippen LogP contribution in [-0.2, 0) is 22.5 Å². The Kier molecular flexibility index (Phi) is 3.96. The molecule has 0 bridgehead atoms. The first kappa shape index (κ1) is 16.0. The summed E-state index contributed by atoms with van der Waals surface area (Å²) in [5.41, 5.74) is 1.91. The van der Waals surface area contributed by atoms with Crippen molar-refractivity contribution in [3.63, 3.8) is 0 Å². The van der Waals surface area contributed by atoms with Crippen LogP contribution < -0.4 is 0 Å². The van der Waals surface area contributed by atoms with E-state index < -0.39 is 17.5 Å². The molecule has 1 aromatic carbocycles. The fourth-order valence-corrected chi connectivity index (χ4v) is 2.33. The SMILES string of the molecule is CCOC(=O)C(F)(F)c1ccc(-c2ncnc3c2ncn3C)cc1. The number of fused-ring (bicyclic) bond motifs is 1. The lowest BCUT2D eigenvalue weighted by atomic mass is 10.0. The highest BCUT2D eigenvalue weighted by Gasteiger charge is 2.42. The maximum Gasteiger partial charge on any atom is 0.381 e. The van der Waals surface area contributed by atoms with Crippen molar-refractivity contribution in [2.24, 2.45) is 7.05 Å².